The Labute approximate surface area is 121 Å². The predicted molar refractivity (Wildman–Crippen MR) is 78.9 cm³/mol. The monoisotopic (exact) mass is 336 g/mol. The first kappa shape index (κ1) is 12.4. The van der Waals surface area contributed by atoms with Crippen LogP contribution in [0.15, 0.2) is 50.3 Å². The molecule has 1 N–H and O–H groups in total. The van der Waals surface area contributed by atoms with Crippen molar-refractivity contribution in [3.63, 3.8) is 0 Å². The maximum atomic E-state index is 12.4. The average molecular weight is 337 g/mol. The van der Waals surface area contributed by atoms with Crippen LogP contribution < -0.4 is 5.56 Å². The van der Waals surface area contributed by atoms with Gasteiger partial charge in [-0.15, -0.1) is 0 Å². The number of aromatic nitrogens is 2. The van der Waals surface area contributed by atoms with Crippen LogP contribution in [0.25, 0.3) is 10.9 Å². The summed E-state index contributed by atoms with van der Waals surface area (Å²) >= 11 is 8.59. The number of aromatic amines is 1. The number of rotatable bonds is 2. The molecule has 3 rings (SSSR count). The lowest BCUT2D eigenvalue weighted by Crippen LogP contribution is -2.22. The van der Waals surface area contributed by atoms with Gasteiger partial charge in [-0.2, -0.15) is 0 Å². The summed E-state index contributed by atoms with van der Waals surface area (Å²) in [6.45, 7) is 0.323. The van der Waals surface area contributed by atoms with Gasteiger partial charge in [0.1, 0.15) is 5.76 Å². The Balaban J connectivity index is 2.25. The molecule has 19 heavy (non-hydrogen) atoms. The molecular weight excluding hydrogens is 328 g/mol. The smallest absolute Gasteiger partial charge is 0.262 e. The van der Waals surface area contributed by atoms with Crippen LogP contribution in [-0.2, 0) is 6.54 Å². The lowest BCUT2D eigenvalue weighted by molar-refractivity contribution is 0.487. The van der Waals surface area contributed by atoms with E-state index in [-0.39, 0.29) is 5.56 Å². The largest absolute Gasteiger partial charge is 0.467 e. The summed E-state index contributed by atoms with van der Waals surface area (Å²) in [5, 5.41) is 0.592. The molecule has 0 unspecified atom stereocenters. The lowest BCUT2D eigenvalue weighted by atomic mass is 10.2. The summed E-state index contributed by atoms with van der Waals surface area (Å²) < 4.78 is 7.98. The molecule has 0 aliphatic heterocycles. The fourth-order valence-corrected chi connectivity index (χ4v) is 2.54. The van der Waals surface area contributed by atoms with Gasteiger partial charge in [-0.3, -0.25) is 9.36 Å². The molecule has 0 saturated heterocycles. The second-order valence-corrected chi connectivity index (χ2v) is 5.39. The second kappa shape index (κ2) is 4.79. The van der Waals surface area contributed by atoms with E-state index in [0.717, 1.165) is 9.99 Å². The average Bonchev–Trinajstić information content (AvgIpc) is 2.89. The van der Waals surface area contributed by atoms with Crippen molar-refractivity contribution in [1.82, 2.24) is 9.55 Å². The Morgan fingerprint density at radius 1 is 1.37 bits per heavy atom. The first-order chi connectivity index (χ1) is 9.15. The number of nitrogens with zero attached hydrogens (tertiary/aromatic N) is 1. The number of fused-ring (bicyclic) bond motifs is 1. The van der Waals surface area contributed by atoms with E-state index in [9.17, 15) is 4.79 Å². The third-order valence-electron chi connectivity index (χ3n) is 2.84. The Morgan fingerprint density at radius 3 is 2.95 bits per heavy atom. The normalized spacial score (nSPS) is 11.0. The van der Waals surface area contributed by atoms with Gasteiger partial charge >= 0.3 is 0 Å². The van der Waals surface area contributed by atoms with E-state index in [1.165, 1.54) is 4.57 Å². The standard InChI is InChI=1S/C13H9BrN2O2S/c14-8-3-4-11-10(6-8)12(17)16(13(19)15-11)7-9-2-1-5-18-9/h1-6H,7H2,(H,15,19). The summed E-state index contributed by atoms with van der Waals surface area (Å²) in [5.41, 5.74) is 0.602. The molecule has 1 aromatic carbocycles. The molecule has 0 atom stereocenters. The summed E-state index contributed by atoms with van der Waals surface area (Å²) in [6.07, 6.45) is 1.57. The van der Waals surface area contributed by atoms with Crippen molar-refractivity contribution in [2.45, 2.75) is 6.54 Å². The van der Waals surface area contributed by atoms with Gasteiger partial charge in [0.05, 0.1) is 23.7 Å². The minimum Gasteiger partial charge on any atom is -0.467 e. The molecule has 0 spiro atoms. The minimum atomic E-state index is -0.128. The van der Waals surface area contributed by atoms with Gasteiger partial charge in [-0.1, -0.05) is 15.9 Å². The Bertz CT molecular complexity index is 849. The molecule has 0 aliphatic carbocycles. The number of nitrogens with one attached hydrogen (secondary N) is 1. The zero-order valence-corrected chi connectivity index (χ0v) is 12.1. The van der Waals surface area contributed by atoms with Crippen LogP contribution >= 0.6 is 28.1 Å². The molecule has 2 heterocycles. The van der Waals surface area contributed by atoms with Crippen molar-refractivity contribution < 1.29 is 4.42 Å². The molecule has 3 aromatic rings. The van der Waals surface area contributed by atoms with Gasteiger partial charge in [-0.25, -0.2) is 0 Å². The van der Waals surface area contributed by atoms with Crippen molar-refractivity contribution >= 4 is 39.1 Å². The molecule has 0 saturated carbocycles. The molecule has 0 bridgehead atoms. The number of halogens is 1. The van der Waals surface area contributed by atoms with Gasteiger partial charge in [0, 0.05) is 4.47 Å². The topological polar surface area (TPSA) is 50.9 Å². The van der Waals surface area contributed by atoms with Crippen molar-refractivity contribution in [2.24, 2.45) is 0 Å². The van der Waals surface area contributed by atoms with Crippen LogP contribution in [0.5, 0.6) is 0 Å². The maximum Gasteiger partial charge on any atom is 0.262 e. The molecule has 0 aliphatic rings. The minimum absolute atomic E-state index is 0.128. The number of benzene rings is 1. The first-order valence-corrected chi connectivity index (χ1v) is 6.80. The zero-order valence-electron chi connectivity index (χ0n) is 9.72. The van der Waals surface area contributed by atoms with Gasteiger partial charge in [0.25, 0.3) is 5.56 Å². The van der Waals surface area contributed by atoms with E-state index >= 15 is 0 Å². The molecular formula is C13H9BrN2O2S. The van der Waals surface area contributed by atoms with Crippen LogP contribution in [-0.4, -0.2) is 9.55 Å². The van der Waals surface area contributed by atoms with E-state index < -0.39 is 0 Å². The van der Waals surface area contributed by atoms with E-state index in [1.54, 1.807) is 18.4 Å². The van der Waals surface area contributed by atoms with E-state index in [4.69, 9.17) is 16.6 Å². The van der Waals surface area contributed by atoms with Crippen LogP contribution in [0.1, 0.15) is 5.76 Å². The molecule has 0 fully saturated rings. The van der Waals surface area contributed by atoms with E-state index in [1.807, 2.05) is 18.2 Å². The predicted octanol–water partition coefficient (Wildman–Crippen LogP) is 3.46. The molecule has 2 aromatic heterocycles. The van der Waals surface area contributed by atoms with Crippen LogP contribution in [0.2, 0.25) is 0 Å². The third-order valence-corrected chi connectivity index (χ3v) is 3.65. The molecule has 0 amide bonds. The maximum absolute atomic E-state index is 12.4. The number of hydrogen-bond donors (Lipinski definition) is 1. The number of furan rings is 1. The fraction of sp³-hybridized carbons (Fsp3) is 0.0769. The van der Waals surface area contributed by atoms with Crippen LogP contribution in [0.4, 0.5) is 0 Å². The Hall–Kier alpha value is -1.66. The van der Waals surface area contributed by atoms with Crippen molar-refractivity contribution in [3.8, 4) is 0 Å². The Morgan fingerprint density at radius 2 is 2.21 bits per heavy atom. The highest BCUT2D eigenvalue weighted by atomic mass is 79.9. The summed E-state index contributed by atoms with van der Waals surface area (Å²) in [4.78, 5) is 15.5. The van der Waals surface area contributed by atoms with Crippen molar-refractivity contribution in [2.75, 3.05) is 0 Å². The number of hydrogen-bond acceptors (Lipinski definition) is 3. The lowest BCUT2D eigenvalue weighted by Gasteiger charge is -2.06. The third kappa shape index (κ3) is 2.29. The fourth-order valence-electron chi connectivity index (χ4n) is 1.92. The number of H-pyrrole nitrogens is 1. The highest BCUT2D eigenvalue weighted by Crippen LogP contribution is 2.15. The van der Waals surface area contributed by atoms with Crippen LogP contribution in [0.3, 0.4) is 0 Å². The quantitative estimate of drug-likeness (QED) is 0.729. The van der Waals surface area contributed by atoms with Gasteiger partial charge in [-0.05, 0) is 42.5 Å². The van der Waals surface area contributed by atoms with Gasteiger partial charge in [0.2, 0.25) is 0 Å². The van der Waals surface area contributed by atoms with Crippen molar-refractivity contribution in [3.05, 3.63) is 62.0 Å². The summed E-state index contributed by atoms with van der Waals surface area (Å²) in [7, 11) is 0. The van der Waals surface area contributed by atoms with Crippen molar-refractivity contribution in [1.29, 1.82) is 0 Å². The Kier molecular flexibility index (Phi) is 3.12. The first-order valence-electron chi connectivity index (χ1n) is 5.60. The van der Waals surface area contributed by atoms with Gasteiger partial charge in [0.15, 0.2) is 4.77 Å². The zero-order chi connectivity index (χ0) is 13.4. The summed E-state index contributed by atoms with van der Waals surface area (Å²) in [5.74, 6) is 0.691. The molecule has 96 valence electrons. The highest BCUT2D eigenvalue weighted by Gasteiger charge is 2.07. The summed E-state index contributed by atoms with van der Waals surface area (Å²) in [6, 6.07) is 9.07. The second-order valence-electron chi connectivity index (χ2n) is 4.09. The van der Waals surface area contributed by atoms with Gasteiger partial charge < -0.3 is 9.40 Å². The van der Waals surface area contributed by atoms with E-state index in [0.29, 0.717) is 22.5 Å². The molecule has 6 heteroatoms. The highest BCUT2D eigenvalue weighted by molar-refractivity contribution is 9.10. The molecule has 4 nitrogen and oxygen atoms in total. The molecule has 0 radical (unpaired) electrons. The SMILES string of the molecule is O=c1c2cc(Br)ccc2[nH]c(=S)n1Cc1ccco1. The van der Waals surface area contributed by atoms with E-state index in [2.05, 4.69) is 20.9 Å². The van der Waals surface area contributed by atoms with Crippen LogP contribution in [0, 0.1) is 4.77 Å².